The Bertz CT molecular complexity index is 1060. The Balaban J connectivity index is 1.57. The highest BCUT2D eigenvalue weighted by molar-refractivity contribution is 6.06. The van der Waals surface area contributed by atoms with Crippen LogP contribution in [-0.2, 0) is 19.3 Å². The molecule has 142 valence electrons. The molecule has 1 aromatic heterocycles. The Labute approximate surface area is 165 Å². The summed E-state index contributed by atoms with van der Waals surface area (Å²) in [4.78, 5) is 15.5. The lowest BCUT2D eigenvalue weighted by molar-refractivity contribution is 0.0979. The topological polar surface area (TPSA) is 38.1 Å². The van der Waals surface area contributed by atoms with Gasteiger partial charge < -0.3 is 4.90 Å². The second-order valence-corrected chi connectivity index (χ2v) is 8.07. The van der Waals surface area contributed by atoms with Crippen LogP contribution in [0.5, 0.6) is 0 Å². The van der Waals surface area contributed by atoms with E-state index < -0.39 is 0 Å². The van der Waals surface area contributed by atoms with Crippen LogP contribution in [0.3, 0.4) is 0 Å². The minimum Gasteiger partial charge on any atom is -0.307 e. The molecule has 1 aliphatic carbocycles. The number of carbonyl (C=O) groups excluding carboxylic acids is 1. The summed E-state index contributed by atoms with van der Waals surface area (Å²) in [5.74, 6) is 0.0498. The molecule has 2 aliphatic rings. The highest BCUT2D eigenvalue weighted by Gasteiger charge is 2.31. The average molecular weight is 371 g/mol. The van der Waals surface area contributed by atoms with Gasteiger partial charge in [0.15, 0.2) is 5.69 Å². The smallest absolute Gasteiger partial charge is 0.279 e. The van der Waals surface area contributed by atoms with Crippen LogP contribution in [-0.4, -0.2) is 22.2 Å². The lowest BCUT2D eigenvalue weighted by atomic mass is 9.99. The molecule has 0 bridgehead atoms. The Morgan fingerprint density at radius 1 is 0.929 bits per heavy atom. The van der Waals surface area contributed by atoms with Crippen molar-refractivity contribution in [1.29, 1.82) is 0 Å². The second-order valence-electron chi connectivity index (χ2n) is 8.07. The van der Waals surface area contributed by atoms with Crippen molar-refractivity contribution in [2.45, 2.75) is 46.0 Å². The highest BCUT2D eigenvalue weighted by atomic mass is 16.2. The number of fused-ring (bicyclic) bond motifs is 2. The Hall–Kier alpha value is -2.88. The number of amides is 1. The maximum atomic E-state index is 13.6. The van der Waals surface area contributed by atoms with E-state index >= 15 is 0 Å². The molecule has 1 amide bonds. The summed E-state index contributed by atoms with van der Waals surface area (Å²) >= 11 is 0. The number of rotatable bonds is 2. The lowest BCUT2D eigenvalue weighted by Gasteiger charge is -2.29. The van der Waals surface area contributed by atoms with E-state index in [9.17, 15) is 4.79 Å². The van der Waals surface area contributed by atoms with Gasteiger partial charge in [-0.1, -0.05) is 35.4 Å². The molecule has 0 fully saturated rings. The maximum Gasteiger partial charge on any atom is 0.279 e. The molecule has 0 spiro atoms. The third-order valence-electron chi connectivity index (χ3n) is 6.01. The van der Waals surface area contributed by atoms with E-state index in [0.717, 1.165) is 55.6 Å². The van der Waals surface area contributed by atoms with Gasteiger partial charge in [-0.2, -0.15) is 5.10 Å². The molecule has 0 N–H and O–H groups in total. The van der Waals surface area contributed by atoms with Crippen LogP contribution in [0, 0.1) is 13.8 Å². The van der Waals surface area contributed by atoms with E-state index in [-0.39, 0.29) is 5.91 Å². The van der Waals surface area contributed by atoms with Gasteiger partial charge in [0.25, 0.3) is 5.91 Å². The third kappa shape index (κ3) is 2.75. The molecule has 0 radical (unpaired) electrons. The molecule has 0 atom stereocenters. The molecule has 0 saturated heterocycles. The van der Waals surface area contributed by atoms with Crippen molar-refractivity contribution in [2.24, 2.45) is 0 Å². The molecule has 1 aliphatic heterocycles. The molecule has 4 heteroatoms. The molecule has 28 heavy (non-hydrogen) atoms. The summed E-state index contributed by atoms with van der Waals surface area (Å²) in [5, 5.41) is 4.82. The van der Waals surface area contributed by atoms with E-state index in [0.29, 0.717) is 5.69 Å². The number of aryl methyl sites for hydroxylation is 3. The number of carbonyl (C=O) groups is 1. The first-order chi connectivity index (χ1) is 13.6. The Kier molecular flexibility index (Phi) is 4.08. The summed E-state index contributed by atoms with van der Waals surface area (Å²) in [6, 6.07) is 14.8. The van der Waals surface area contributed by atoms with Crippen molar-refractivity contribution < 1.29 is 4.79 Å². The van der Waals surface area contributed by atoms with Gasteiger partial charge in [-0.05, 0) is 69.7 Å². The van der Waals surface area contributed by atoms with Crippen molar-refractivity contribution in [3.05, 3.63) is 76.1 Å². The summed E-state index contributed by atoms with van der Waals surface area (Å²) in [6.07, 6.45) is 5.06. The van der Waals surface area contributed by atoms with E-state index in [2.05, 4.69) is 56.3 Å². The first-order valence-corrected chi connectivity index (χ1v) is 10.2. The maximum absolute atomic E-state index is 13.6. The summed E-state index contributed by atoms with van der Waals surface area (Å²) in [7, 11) is 0. The van der Waals surface area contributed by atoms with Gasteiger partial charge in [-0.15, -0.1) is 0 Å². The van der Waals surface area contributed by atoms with E-state index in [4.69, 9.17) is 5.10 Å². The number of benzene rings is 2. The van der Waals surface area contributed by atoms with E-state index in [1.807, 2.05) is 9.58 Å². The molecule has 5 rings (SSSR count). The molecular weight excluding hydrogens is 346 g/mol. The predicted octanol–water partition coefficient (Wildman–Crippen LogP) is 4.57. The van der Waals surface area contributed by atoms with Crippen LogP contribution in [0.2, 0.25) is 0 Å². The van der Waals surface area contributed by atoms with Gasteiger partial charge in [0.2, 0.25) is 0 Å². The first-order valence-electron chi connectivity index (χ1n) is 10.2. The minimum atomic E-state index is 0.0498. The largest absolute Gasteiger partial charge is 0.307 e. The van der Waals surface area contributed by atoms with Gasteiger partial charge in [-0.25, -0.2) is 4.68 Å². The van der Waals surface area contributed by atoms with Crippen LogP contribution in [0.15, 0.2) is 42.5 Å². The Morgan fingerprint density at radius 2 is 1.71 bits per heavy atom. The number of hydrogen-bond donors (Lipinski definition) is 0. The fraction of sp³-hybridized carbons (Fsp3) is 0.333. The summed E-state index contributed by atoms with van der Waals surface area (Å²) < 4.78 is 2.00. The quantitative estimate of drug-likeness (QED) is 0.662. The predicted molar refractivity (Wildman–Crippen MR) is 112 cm³/mol. The van der Waals surface area contributed by atoms with Crippen LogP contribution >= 0.6 is 0 Å². The number of aromatic nitrogens is 2. The number of nitrogens with zero attached hydrogens (tertiary/aromatic N) is 3. The average Bonchev–Trinajstić information content (AvgIpc) is 3.30. The Morgan fingerprint density at radius 3 is 2.54 bits per heavy atom. The monoisotopic (exact) mass is 371 g/mol. The molecule has 0 unspecified atom stereocenters. The van der Waals surface area contributed by atoms with Crippen molar-refractivity contribution in [1.82, 2.24) is 9.78 Å². The first kappa shape index (κ1) is 17.2. The zero-order valence-corrected chi connectivity index (χ0v) is 16.5. The molecule has 0 saturated carbocycles. The summed E-state index contributed by atoms with van der Waals surface area (Å²) in [6.45, 7) is 4.96. The third-order valence-corrected chi connectivity index (χ3v) is 6.01. The van der Waals surface area contributed by atoms with Crippen molar-refractivity contribution >= 4 is 11.6 Å². The van der Waals surface area contributed by atoms with Gasteiger partial charge in [0.05, 0.1) is 5.69 Å². The standard InChI is InChI=1S/C24H25N3O/c1-16-8-11-19(12-9-16)27-22-7-3-6-20(22)23(25-27)24(28)26-14-4-5-18-15-17(2)10-13-21(18)26/h8-13,15H,3-7,14H2,1-2H3. The SMILES string of the molecule is Cc1ccc(-n2nc(C(=O)N3CCCc4cc(C)ccc43)c3c2CCC3)cc1. The van der Waals surface area contributed by atoms with Crippen LogP contribution in [0.1, 0.15) is 51.3 Å². The molecule has 2 aromatic carbocycles. The highest BCUT2D eigenvalue weighted by Crippen LogP contribution is 2.33. The van der Waals surface area contributed by atoms with Gasteiger partial charge >= 0.3 is 0 Å². The van der Waals surface area contributed by atoms with Crippen LogP contribution in [0.25, 0.3) is 5.69 Å². The van der Waals surface area contributed by atoms with Crippen molar-refractivity contribution in [3.63, 3.8) is 0 Å². The fourth-order valence-electron chi connectivity index (χ4n) is 4.57. The van der Waals surface area contributed by atoms with Crippen LogP contribution in [0.4, 0.5) is 5.69 Å². The van der Waals surface area contributed by atoms with E-state index in [1.165, 1.54) is 22.4 Å². The fourth-order valence-corrected chi connectivity index (χ4v) is 4.57. The molecule has 4 nitrogen and oxygen atoms in total. The van der Waals surface area contributed by atoms with Crippen molar-refractivity contribution in [2.75, 3.05) is 11.4 Å². The summed E-state index contributed by atoms with van der Waals surface area (Å²) in [5.41, 5.74) is 8.83. The lowest BCUT2D eigenvalue weighted by Crippen LogP contribution is -2.36. The molecular formula is C24H25N3O. The van der Waals surface area contributed by atoms with Gasteiger partial charge in [0.1, 0.15) is 0 Å². The van der Waals surface area contributed by atoms with E-state index in [1.54, 1.807) is 0 Å². The van der Waals surface area contributed by atoms with Crippen LogP contribution < -0.4 is 4.90 Å². The number of anilines is 1. The minimum absolute atomic E-state index is 0.0498. The molecule has 2 heterocycles. The zero-order valence-electron chi connectivity index (χ0n) is 16.5. The zero-order chi connectivity index (χ0) is 19.3. The normalized spacial score (nSPS) is 15.4. The molecule has 3 aromatic rings. The van der Waals surface area contributed by atoms with Gasteiger partial charge in [-0.3, -0.25) is 4.79 Å². The van der Waals surface area contributed by atoms with Crippen molar-refractivity contribution in [3.8, 4) is 5.69 Å². The van der Waals surface area contributed by atoms with Gasteiger partial charge in [0, 0.05) is 23.5 Å². The second kappa shape index (κ2) is 6.62. The number of hydrogen-bond acceptors (Lipinski definition) is 2.